The summed E-state index contributed by atoms with van der Waals surface area (Å²) in [6.45, 7) is 0.740. The van der Waals surface area contributed by atoms with Crippen LogP contribution >= 0.6 is 0 Å². The van der Waals surface area contributed by atoms with Crippen molar-refractivity contribution in [2.75, 3.05) is 25.5 Å². The Balaban J connectivity index is 1.60. The fourth-order valence-electron chi connectivity index (χ4n) is 2.72. The zero-order valence-corrected chi connectivity index (χ0v) is 17.9. The average molecular weight is 452 g/mol. The van der Waals surface area contributed by atoms with Crippen molar-refractivity contribution in [3.8, 4) is 0 Å². The molecule has 0 radical (unpaired) electrons. The number of carbonyl (C=O) groups excluding carboxylic acids is 3. The van der Waals surface area contributed by atoms with Crippen molar-refractivity contribution >= 4 is 35.2 Å². The molecule has 0 aliphatic rings. The maximum absolute atomic E-state index is 13.0. The number of hydrogen-bond donors (Lipinski definition) is 1. The van der Waals surface area contributed by atoms with Crippen LogP contribution in [0.2, 0.25) is 0 Å². The highest BCUT2D eigenvalue weighted by Gasteiger charge is 2.21. The monoisotopic (exact) mass is 452 g/mol. The van der Waals surface area contributed by atoms with Crippen molar-refractivity contribution in [2.45, 2.75) is 6.92 Å². The van der Waals surface area contributed by atoms with Gasteiger partial charge in [0, 0.05) is 12.7 Å². The maximum atomic E-state index is 13.0. The van der Waals surface area contributed by atoms with Gasteiger partial charge in [0.1, 0.15) is 5.82 Å². The molecule has 0 fully saturated rings. The van der Waals surface area contributed by atoms with Crippen LogP contribution in [0, 0.1) is 12.7 Å². The molecule has 1 heterocycles. The molecule has 10 nitrogen and oxygen atoms in total. The van der Waals surface area contributed by atoms with Crippen LogP contribution in [-0.2, 0) is 19.1 Å². The van der Waals surface area contributed by atoms with Crippen LogP contribution in [0.4, 0.5) is 10.1 Å². The summed E-state index contributed by atoms with van der Waals surface area (Å²) in [6.07, 6.45) is 1.54. The Labute approximate surface area is 188 Å². The number of aromatic nitrogens is 4. The van der Waals surface area contributed by atoms with Gasteiger partial charge >= 0.3 is 5.97 Å². The first-order valence-corrected chi connectivity index (χ1v) is 9.82. The summed E-state index contributed by atoms with van der Waals surface area (Å²) >= 11 is 0. The van der Waals surface area contributed by atoms with E-state index in [0.29, 0.717) is 17.1 Å². The molecule has 2 aromatic carbocycles. The summed E-state index contributed by atoms with van der Waals surface area (Å²) in [6, 6.07) is 14.2. The molecule has 170 valence electrons. The van der Waals surface area contributed by atoms with Gasteiger partial charge in [-0.1, -0.05) is 30.3 Å². The third-order valence-electron chi connectivity index (χ3n) is 4.43. The summed E-state index contributed by atoms with van der Waals surface area (Å²) < 4.78 is 19.3. The molecule has 0 aliphatic heterocycles. The van der Waals surface area contributed by atoms with Gasteiger partial charge in [-0.3, -0.25) is 9.59 Å². The van der Waals surface area contributed by atoms with E-state index in [0.717, 1.165) is 4.90 Å². The molecule has 33 heavy (non-hydrogen) atoms. The van der Waals surface area contributed by atoms with Crippen LogP contribution in [0.15, 0.2) is 54.6 Å². The predicted molar refractivity (Wildman–Crippen MR) is 117 cm³/mol. The smallest absolute Gasteiger partial charge is 0.357 e. The standard InChI is InChI=1S/C22H21FN6O4/c1-15-25-26-27-29(15)19(12-16-6-4-3-5-7-16)22(32)33-14-21(31)28(2)13-20(30)24-18-10-8-17(23)9-11-18/h3-12H,13-14H2,1-2H3,(H,24,30)/b19-12-. The SMILES string of the molecule is Cc1nnnn1/C(=C\c1ccccc1)C(=O)OCC(=O)N(C)CC(=O)Nc1ccc(F)cc1. The van der Waals surface area contributed by atoms with E-state index in [-0.39, 0.29) is 12.2 Å². The molecule has 1 aromatic heterocycles. The molecule has 2 amide bonds. The van der Waals surface area contributed by atoms with Crippen molar-refractivity contribution in [1.82, 2.24) is 25.1 Å². The molecule has 0 saturated carbocycles. The number of tetrazole rings is 1. The molecule has 0 bridgehead atoms. The lowest BCUT2D eigenvalue weighted by atomic mass is 10.2. The topological polar surface area (TPSA) is 119 Å². The number of aryl methyl sites for hydroxylation is 1. The van der Waals surface area contributed by atoms with E-state index in [4.69, 9.17) is 4.74 Å². The molecule has 3 aromatic rings. The van der Waals surface area contributed by atoms with Crippen LogP contribution < -0.4 is 5.32 Å². The van der Waals surface area contributed by atoms with Gasteiger partial charge < -0.3 is 15.0 Å². The Morgan fingerprint density at radius 3 is 2.45 bits per heavy atom. The van der Waals surface area contributed by atoms with Gasteiger partial charge in [0.25, 0.3) is 5.91 Å². The van der Waals surface area contributed by atoms with Crippen molar-refractivity contribution in [3.63, 3.8) is 0 Å². The maximum Gasteiger partial charge on any atom is 0.357 e. The highest BCUT2D eigenvalue weighted by molar-refractivity contribution is 6.15. The van der Waals surface area contributed by atoms with Gasteiger partial charge in [-0.15, -0.1) is 5.10 Å². The van der Waals surface area contributed by atoms with Gasteiger partial charge in [0.05, 0.1) is 6.54 Å². The molecule has 1 N–H and O–H groups in total. The number of ether oxygens (including phenoxy) is 1. The first kappa shape index (κ1) is 23.3. The average Bonchev–Trinajstić information content (AvgIpc) is 3.23. The summed E-state index contributed by atoms with van der Waals surface area (Å²) in [7, 11) is 1.40. The molecule has 0 saturated heterocycles. The minimum Gasteiger partial charge on any atom is -0.451 e. The number of halogens is 1. The Morgan fingerprint density at radius 1 is 1.12 bits per heavy atom. The fraction of sp³-hybridized carbons (Fsp3) is 0.182. The second-order valence-corrected chi connectivity index (χ2v) is 6.96. The highest BCUT2D eigenvalue weighted by atomic mass is 19.1. The number of amides is 2. The fourth-order valence-corrected chi connectivity index (χ4v) is 2.72. The van der Waals surface area contributed by atoms with Crippen molar-refractivity contribution in [1.29, 1.82) is 0 Å². The molecule has 11 heteroatoms. The van der Waals surface area contributed by atoms with E-state index < -0.39 is 30.2 Å². The van der Waals surface area contributed by atoms with Crippen LogP contribution in [-0.4, -0.2) is 63.1 Å². The van der Waals surface area contributed by atoms with E-state index in [1.807, 2.05) is 6.07 Å². The second kappa shape index (κ2) is 10.8. The van der Waals surface area contributed by atoms with E-state index in [9.17, 15) is 18.8 Å². The summed E-state index contributed by atoms with van der Waals surface area (Å²) in [4.78, 5) is 38.3. The molecule has 0 aliphatic carbocycles. The van der Waals surface area contributed by atoms with Gasteiger partial charge in [-0.2, -0.15) is 4.68 Å². The highest BCUT2D eigenvalue weighted by Crippen LogP contribution is 2.14. The number of esters is 1. The first-order valence-electron chi connectivity index (χ1n) is 9.82. The number of likely N-dealkylation sites (N-methyl/N-ethyl adjacent to an activating group) is 1. The Hall–Kier alpha value is -4.41. The summed E-state index contributed by atoms with van der Waals surface area (Å²) in [5.74, 6) is -1.97. The van der Waals surface area contributed by atoms with E-state index in [2.05, 4.69) is 20.8 Å². The van der Waals surface area contributed by atoms with Crippen LogP contribution in [0.25, 0.3) is 11.8 Å². The van der Waals surface area contributed by atoms with Gasteiger partial charge in [0.2, 0.25) is 5.91 Å². The number of nitrogens with one attached hydrogen (secondary N) is 1. The van der Waals surface area contributed by atoms with Gasteiger partial charge in [-0.05, 0) is 53.3 Å². The predicted octanol–water partition coefficient (Wildman–Crippen LogP) is 1.76. The first-order chi connectivity index (χ1) is 15.8. The lowest BCUT2D eigenvalue weighted by Crippen LogP contribution is -2.37. The van der Waals surface area contributed by atoms with Crippen molar-refractivity contribution < 1.29 is 23.5 Å². The molecule has 0 spiro atoms. The van der Waals surface area contributed by atoms with Crippen LogP contribution in [0.1, 0.15) is 11.4 Å². The molecule has 0 atom stereocenters. The van der Waals surface area contributed by atoms with Gasteiger partial charge in [-0.25, -0.2) is 9.18 Å². The number of carbonyl (C=O) groups is 3. The van der Waals surface area contributed by atoms with E-state index in [1.54, 1.807) is 31.2 Å². The Bertz CT molecular complexity index is 1160. The largest absolute Gasteiger partial charge is 0.451 e. The normalized spacial score (nSPS) is 11.1. The molecule has 3 rings (SSSR count). The third kappa shape index (κ3) is 6.53. The lowest BCUT2D eigenvalue weighted by molar-refractivity contribution is -0.147. The number of rotatable bonds is 8. The van der Waals surface area contributed by atoms with Crippen LogP contribution in [0.5, 0.6) is 0 Å². The van der Waals surface area contributed by atoms with E-state index >= 15 is 0 Å². The number of anilines is 1. The Morgan fingerprint density at radius 2 is 1.82 bits per heavy atom. The minimum atomic E-state index is -0.813. The molecule has 0 unspecified atom stereocenters. The van der Waals surface area contributed by atoms with E-state index in [1.165, 1.54) is 42.1 Å². The minimum absolute atomic E-state index is 0.0215. The summed E-state index contributed by atoms with van der Waals surface area (Å²) in [5.41, 5.74) is 1.12. The number of hydrogen-bond acceptors (Lipinski definition) is 7. The van der Waals surface area contributed by atoms with Crippen molar-refractivity contribution in [2.24, 2.45) is 0 Å². The second-order valence-electron chi connectivity index (χ2n) is 6.96. The quantitative estimate of drug-likeness (QED) is 0.409. The van der Waals surface area contributed by atoms with Crippen LogP contribution in [0.3, 0.4) is 0 Å². The molecular formula is C22H21FN6O4. The zero-order chi connectivity index (χ0) is 23.8. The number of benzene rings is 2. The molecular weight excluding hydrogens is 431 g/mol. The van der Waals surface area contributed by atoms with Crippen molar-refractivity contribution in [3.05, 3.63) is 71.8 Å². The summed E-state index contributed by atoms with van der Waals surface area (Å²) in [5, 5.41) is 13.6. The Kier molecular flexibility index (Phi) is 7.58. The van der Waals surface area contributed by atoms with Gasteiger partial charge in [0.15, 0.2) is 18.1 Å². The number of nitrogens with zero attached hydrogens (tertiary/aromatic N) is 5. The lowest BCUT2D eigenvalue weighted by Gasteiger charge is -2.17. The third-order valence-corrected chi connectivity index (χ3v) is 4.43. The zero-order valence-electron chi connectivity index (χ0n) is 17.9.